The van der Waals surface area contributed by atoms with Gasteiger partial charge in [-0.2, -0.15) is 0 Å². The van der Waals surface area contributed by atoms with Crippen LogP contribution in [0.1, 0.15) is 16.8 Å². The molecule has 88 valence electrons. The van der Waals surface area contributed by atoms with Gasteiger partial charge in [-0.25, -0.2) is 4.79 Å². The van der Waals surface area contributed by atoms with E-state index in [1.807, 2.05) is 18.2 Å². The summed E-state index contributed by atoms with van der Waals surface area (Å²) in [6, 6.07) is 7.28. The number of carbonyl (C=O) groups is 1. The number of benzene rings is 1. The molecule has 2 nitrogen and oxygen atoms in total. The van der Waals surface area contributed by atoms with Gasteiger partial charge < -0.3 is 4.74 Å². The van der Waals surface area contributed by atoms with Gasteiger partial charge in [0.2, 0.25) is 0 Å². The first-order valence-corrected chi connectivity index (χ1v) is 6.81. The van der Waals surface area contributed by atoms with Gasteiger partial charge in [0.1, 0.15) is 0 Å². The average Bonchev–Trinajstić information content (AvgIpc) is 2.29. The largest absolute Gasteiger partial charge is 0.462 e. The highest BCUT2D eigenvalue weighted by Gasteiger charge is 2.11. The molecular formula is C11H11Cl2IO2. The first kappa shape index (κ1) is 14.1. The molecule has 0 aliphatic carbocycles. The number of alkyl halides is 2. The molecule has 0 radical (unpaired) electrons. The summed E-state index contributed by atoms with van der Waals surface area (Å²) in [4.78, 5) is 11.6. The number of ether oxygens (including phenoxy) is 1. The van der Waals surface area contributed by atoms with Crippen molar-refractivity contribution in [2.75, 3.05) is 12.5 Å². The normalized spacial score (nSPS) is 12.2. The van der Waals surface area contributed by atoms with Crippen LogP contribution in [0.25, 0.3) is 0 Å². The second-order valence-electron chi connectivity index (χ2n) is 3.16. The molecular weight excluding hydrogens is 362 g/mol. The van der Waals surface area contributed by atoms with Gasteiger partial charge in [0.05, 0.1) is 17.5 Å². The van der Waals surface area contributed by atoms with Gasteiger partial charge in [0.15, 0.2) is 0 Å². The van der Waals surface area contributed by atoms with Crippen molar-refractivity contribution >= 4 is 51.8 Å². The Morgan fingerprint density at radius 2 is 2.12 bits per heavy atom. The lowest BCUT2D eigenvalue weighted by Gasteiger charge is -2.07. The van der Waals surface area contributed by atoms with E-state index in [2.05, 4.69) is 22.6 Å². The summed E-state index contributed by atoms with van der Waals surface area (Å²) in [6.07, 6.45) is 0.570. The lowest BCUT2D eigenvalue weighted by atomic mass is 10.2. The minimum absolute atomic E-state index is 0.149. The average molecular weight is 373 g/mol. The summed E-state index contributed by atoms with van der Waals surface area (Å²) in [5.41, 5.74) is 0.583. The number of rotatable bonds is 5. The molecule has 0 aliphatic rings. The fraction of sp³-hybridized carbons (Fsp3) is 0.364. The third kappa shape index (κ3) is 4.47. The van der Waals surface area contributed by atoms with Crippen LogP contribution in [-0.2, 0) is 4.74 Å². The predicted octanol–water partition coefficient (Wildman–Crippen LogP) is 3.68. The van der Waals surface area contributed by atoms with E-state index >= 15 is 0 Å². The van der Waals surface area contributed by atoms with Crippen LogP contribution in [0.3, 0.4) is 0 Å². The highest BCUT2D eigenvalue weighted by Crippen LogP contribution is 2.13. The Labute approximate surface area is 118 Å². The fourth-order valence-electron chi connectivity index (χ4n) is 1.06. The zero-order chi connectivity index (χ0) is 12.0. The van der Waals surface area contributed by atoms with Crippen LogP contribution in [0.5, 0.6) is 0 Å². The van der Waals surface area contributed by atoms with Gasteiger partial charge in [-0.3, -0.25) is 0 Å². The number of carbonyl (C=O) groups excluding carboxylic acids is 1. The molecule has 16 heavy (non-hydrogen) atoms. The molecule has 0 aromatic heterocycles. The Bertz CT molecular complexity index is 358. The van der Waals surface area contributed by atoms with Gasteiger partial charge in [-0.1, -0.05) is 12.1 Å². The van der Waals surface area contributed by atoms with Crippen molar-refractivity contribution in [3.8, 4) is 0 Å². The minimum atomic E-state index is -0.316. The third-order valence-electron chi connectivity index (χ3n) is 1.93. The van der Waals surface area contributed by atoms with E-state index in [0.717, 1.165) is 3.57 Å². The Morgan fingerprint density at radius 3 is 2.75 bits per heavy atom. The van der Waals surface area contributed by atoms with Crippen LogP contribution < -0.4 is 0 Å². The Hall–Kier alpha value is -0.000000000000000111. The van der Waals surface area contributed by atoms with E-state index in [1.54, 1.807) is 6.07 Å². The molecule has 0 saturated carbocycles. The lowest BCUT2D eigenvalue weighted by Crippen LogP contribution is -2.12. The molecule has 0 fully saturated rings. The van der Waals surface area contributed by atoms with E-state index in [0.29, 0.717) is 24.5 Å². The Kier molecular flexibility index (Phi) is 6.46. The predicted molar refractivity (Wildman–Crippen MR) is 74.4 cm³/mol. The first-order chi connectivity index (χ1) is 7.65. The maximum atomic E-state index is 11.6. The van der Waals surface area contributed by atoms with Crippen LogP contribution in [0.2, 0.25) is 0 Å². The van der Waals surface area contributed by atoms with Crippen molar-refractivity contribution in [1.82, 2.24) is 0 Å². The van der Waals surface area contributed by atoms with Crippen molar-refractivity contribution in [2.24, 2.45) is 0 Å². The summed E-state index contributed by atoms with van der Waals surface area (Å²) in [6.45, 7) is 0.296. The molecule has 0 N–H and O–H groups in total. The van der Waals surface area contributed by atoms with Crippen molar-refractivity contribution < 1.29 is 9.53 Å². The maximum Gasteiger partial charge on any atom is 0.339 e. The van der Waals surface area contributed by atoms with Crippen molar-refractivity contribution in [2.45, 2.75) is 11.8 Å². The van der Waals surface area contributed by atoms with Gasteiger partial charge in [0, 0.05) is 9.45 Å². The molecule has 0 heterocycles. The summed E-state index contributed by atoms with van der Waals surface area (Å²) in [7, 11) is 0. The standard InChI is InChI=1S/C11H11Cl2IO2/c12-7-8(13)5-6-16-11(15)9-3-1-2-4-10(9)14/h1-4,8H,5-7H2. The topological polar surface area (TPSA) is 26.3 Å². The van der Waals surface area contributed by atoms with E-state index in [-0.39, 0.29) is 11.3 Å². The number of hydrogen-bond donors (Lipinski definition) is 0. The monoisotopic (exact) mass is 372 g/mol. The van der Waals surface area contributed by atoms with E-state index < -0.39 is 0 Å². The van der Waals surface area contributed by atoms with Crippen LogP contribution >= 0.6 is 45.8 Å². The molecule has 1 rings (SSSR count). The van der Waals surface area contributed by atoms with E-state index in [9.17, 15) is 4.79 Å². The number of esters is 1. The molecule has 0 aliphatic heterocycles. The Morgan fingerprint density at radius 1 is 1.44 bits per heavy atom. The first-order valence-electron chi connectivity index (χ1n) is 4.77. The second kappa shape index (κ2) is 7.35. The zero-order valence-electron chi connectivity index (χ0n) is 8.46. The van der Waals surface area contributed by atoms with Crippen molar-refractivity contribution in [3.63, 3.8) is 0 Å². The number of halogens is 3. The molecule has 0 spiro atoms. The minimum Gasteiger partial charge on any atom is -0.462 e. The van der Waals surface area contributed by atoms with Crippen LogP contribution in [-0.4, -0.2) is 23.8 Å². The van der Waals surface area contributed by atoms with E-state index in [1.165, 1.54) is 0 Å². The highest BCUT2D eigenvalue weighted by molar-refractivity contribution is 14.1. The Balaban J connectivity index is 2.44. The smallest absolute Gasteiger partial charge is 0.339 e. The summed E-state index contributed by atoms with van der Waals surface area (Å²) < 4.78 is 5.97. The molecule has 5 heteroatoms. The lowest BCUT2D eigenvalue weighted by molar-refractivity contribution is 0.0499. The van der Waals surface area contributed by atoms with Crippen molar-refractivity contribution in [3.05, 3.63) is 33.4 Å². The summed E-state index contributed by atoms with van der Waals surface area (Å²) in [5.74, 6) is 0.0468. The quantitative estimate of drug-likeness (QED) is 0.447. The zero-order valence-corrected chi connectivity index (χ0v) is 12.1. The van der Waals surface area contributed by atoms with Crippen LogP contribution in [0, 0.1) is 3.57 Å². The number of hydrogen-bond acceptors (Lipinski definition) is 2. The van der Waals surface area contributed by atoms with Gasteiger partial charge in [-0.15, -0.1) is 23.2 Å². The molecule has 0 bridgehead atoms. The molecule has 1 atom stereocenters. The maximum absolute atomic E-state index is 11.6. The summed E-state index contributed by atoms with van der Waals surface area (Å²) in [5, 5.41) is -0.149. The third-order valence-corrected chi connectivity index (χ3v) is 3.77. The van der Waals surface area contributed by atoms with Crippen molar-refractivity contribution in [1.29, 1.82) is 0 Å². The highest BCUT2D eigenvalue weighted by atomic mass is 127. The van der Waals surface area contributed by atoms with Crippen LogP contribution in [0.15, 0.2) is 24.3 Å². The molecule has 1 unspecified atom stereocenters. The fourth-order valence-corrected chi connectivity index (χ4v) is 1.91. The molecule has 1 aromatic rings. The van der Waals surface area contributed by atoms with Gasteiger partial charge >= 0.3 is 5.97 Å². The molecule has 1 aromatic carbocycles. The second-order valence-corrected chi connectivity index (χ2v) is 5.24. The molecule has 0 saturated heterocycles. The van der Waals surface area contributed by atoms with Crippen LogP contribution in [0.4, 0.5) is 0 Å². The van der Waals surface area contributed by atoms with Gasteiger partial charge in [0.25, 0.3) is 0 Å². The summed E-state index contributed by atoms with van der Waals surface area (Å²) >= 11 is 13.4. The van der Waals surface area contributed by atoms with Gasteiger partial charge in [-0.05, 0) is 41.1 Å². The van der Waals surface area contributed by atoms with E-state index in [4.69, 9.17) is 27.9 Å². The molecule has 0 amide bonds. The SMILES string of the molecule is O=C(OCCC(Cl)CCl)c1ccccc1I.